The van der Waals surface area contributed by atoms with Crippen LogP contribution in [0.15, 0.2) is 6.20 Å². The van der Waals surface area contributed by atoms with E-state index in [2.05, 4.69) is 14.9 Å². The summed E-state index contributed by atoms with van der Waals surface area (Å²) < 4.78 is 0.507. The van der Waals surface area contributed by atoms with Gasteiger partial charge in [-0.15, -0.1) is 11.3 Å². The maximum atomic E-state index is 6.13. The van der Waals surface area contributed by atoms with Crippen LogP contribution in [0.5, 0.6) is 0 Å². The molecule has 1 fully saturated rings. The predicted octanol–water partition coefficient (Wildman–Crippen LogP) is 4.85. The molecule has 0 spiro atoms. The van der Waals surface area contributed by atoms with Gasteiger partial charge in [-0.25, -0.2) is 15.0 Å². The second-order valence-corrected chi connectivity index (χ2v) is 8.70. The third-order valence-corrected chi connectivity index (χ3v) is 6.56. The summed E-state index contributed by atoms with van der Waals surface area (Å²) in [7, 11) is 0. The first kappa shape index (κ1) is 16.7. The Morgan fingerprint density at radius 1 is 1.17 bits per heavy atom. The van der Waals surface area contributed by atoms with E-state index in [1.54, 1.807) is 0 Å². The zero-order chi connectivity index (χ0) is 16.5. The number of nitrogens with zero attached hydrogens (tertiary/aromatic N) is 4. The van der Waals surface area contributed by atoms with Crippen molar-refractivity contribution in [3.8, 4) is 0 Å². The molecule has 0 N–H and O–H groups in total. The van der Waals surface area contributed by atoms with Gasteiger partial charge in [-0.2, -0.15) is 0 Å². The van der Waals surface area contributed by atoms with Gasteiger partial charge in [-0.05, 0) is 12.8 Å². The van der Waals surface area contributed by atoms with Crippen molar-refractivity contribution in [2.75, 3.05) is 6.54 Å². The molecule has 2 aliphatic rings. The van der Waals surface area contributed by atoms with Crippen molar-refractivity contribution < 1.29 is 0 Å². The van der Waals surface area contributed by atoms with Gasteiger partial charge in [-0.1, -0.05) is 42.5 Å². The molecule has 4 nitrogen and oxygen atoms in total. The quantitative estimate of drug-likeness (QED) is 0.760. The van der Waals surface area contributed by atoms with Crippen LogP contribution in [0, 0.1) is 0 Å². The molecule has 1 aliphatic carbocycles. The van der Waals surface area contributed by atoms with Gasteiger partial charge in [0.15, 0.2) is 4.47 Å². The highest BCUT2D eigenvalue weighted by Crippen LogP contribution is 2.32. The fourth-order valence-electron chi connectivity index (χ4n) is 3.69. The molecule has 0 saturated heterocycles. The number of halogens is 2. The molecule has 0 bridgehead atoms. The highest BCUT2D eigenvalue weighted by atomic mass is 35.5. The normalized spacial score (nSPS) is 19.4. The Morgan fingerprint density at radius 2 is 2.00 bits per heavy atom. The minimum Gasteiger partial charge on any atom is -0.293 e. The van der Waals surface area contributed by atoms with Crippen molar-refractivity contribution >= 4 is 34.5 Å². The molecule has 7 heteroatoms. The summed E-state index contributed by atoms with van der Waals surface area (Å²) in [4.78, 5) is 17.1. The van der Waals surface area contributed by atoms with Gasteiger partial charge >= 0.3 is 0 Å². The molecule has 0 radical (unpaired) electrons. The van der Waals surface area contributed by atoms with Crippen LogP contribution in [0.3, 0.4) is 0 Å². The average molecular weight is 383 g/mol. The number of fused-ring (bicyclic) bond motifs is 1. The number of hydrogen-bond acceptors (Lipinski definition) is 5. The summed E-state index contributed by atoms with van der Waals surface area (Å²) in [5, 5.41) is 0.527. The first-order valence-corrected chi connectivity index (χ1v) is 10.1. The Hall–Kier alpha value is -0.750. The van der Waals surface area contributed by atoms with Gasteiger partial charge < -0.3 is 0 Å². The monoisotopic (exact) mass is 382 g/mol. The minimum absolute atomic E-state index is 0.507. The number of aromatic nitrogens is 3. The topological polar surface area (TPSA) is 41.9 Å². The van der Waals surface area contributed by atoms with E-state index in [9.17, 15) is 0 Å². The van der Waals surface area contributed by atoms with Crippen molar-refractivity contribution in [2.45, 2.75) is 57.5 Å². The Bertz CT molecular complexity index is 727. The highest BCUT2D eigenvalue weighted by Gasteiger charge is 2.23. The summed E-state index contributed by atoms with van der Waals surface area (Å²) in [5.74, 6) is 1.64. The third-order valence-electron chi connectivity index (χ3n) is 4.99. The summed E-state index contributed by atoms with van der Waals surface area (Å²) in [6.45, 7) is 2.64. The predicted molar refractivity (Wildman–Crippen MR) is 97.8 cm³/mol. The fourth-order valence-corrected chi connectivity index (χ4v) is 5.12. The largest absolute Gasteiger partial charge is 0.293 e. The van der Waals surface area contributed by atoms with Crippen LogP contribution in [-0.2, 0) is 19.5 Å². The van der Waals surface area contributed by atoms with Crippen LogP contribution >= 0.6 is 34.5 Å². The van der Waals surface area contributed by atoms with Crippen LogP contribution < -0.4 is 0 Å². The Labute approximate surface area is 156 Å². The second-order valence-electron chi connectivity index (χ2n) is 6.68. The van der Waals surface area contributed by atoms with E-state index in [1.165, 1.54) is 54.7 Å². The standard InChI is InChI=1S/C17H20Cl2N4S/c18-15-14(24-17(19)22-15)10-23-7-6-13-12(9-23)8-20-16(21-13)11-4-2-1-3-5-11/h8,11H,1-7,9-10H2. The van der Waals surface area contributed by atoms with Crippen LogP contribution in [0.25, 0.3) is 0 Å². The lowest BCUT2D eigenvalue weighted by Crippen LogP contribution is -2.31. The van der Waals surface area contributed by atoms with Crippen molar-refractivity contribution in [1.29, 1.82) is 0 Å². The lowest BCUT2D eigenvalue weighted by atomic mass is 9.88. The van der Waals surface area contributed by atoms with Gasteiger partial charge in [-0.3, -0.25) is 4.90 Å². The first-order valence-electron chi connectivity index (χ1n) is 8.57. The van der Waals surface area contributed by atoms with Crippen LogP contribution in [0.1, 0.15) is 60.0 Å². The van der Waals surface area contributed by atoms with Gasteiger partial charge in [0.25, 0.3) is 0 Å². The molecule has 2 aromatic heterocycles. The third kappa shape index (κ3) is 3.59. The molecule has 1 saturated carbocycles. The Morgan fingerprint density at radius 3 is 2.75 bits per heavy atom. The minimum atomic E-state index is 0.507. The zero-order valence-electron chi connectivity index (χ0n) is 13.5. The number of hydrogen-bond donors (Lipinski definition) is 0. The van der Waals surface area contributed by atoms with E-state index in [1.807, 2.05) is 6.20 Å². The molecule has 2 aromatic rings. The van der Waals surface area contributed by atoms with E-state index >= 15 is 0 Å². The van der Waals surface area contributed by atoms with Gasteiger partial charge in [0.1, 0.15) is 11.0 Å². The Balaban J connectivity index is 1.46. The maximum Gasteiger partial charge on any atom is 0.185 e. The van der Waals surface area contributed by atoms with Gasteiger partial charge in [0, 0.05) is 49.4 Å². The lowest BCUT2D eigenvalue weighted by Gasteiger charge is -2.28. The molecule has 0 atom stereocenters. The zero-order valence-corrected chi connectivity index (χ0v) is 15.8. The van der Waals surface area contributed by atoms with E-state index in [4.69, 9.17) is 28.2 Å². The number of thiazole rings is 1. The lowest BCUT2D eigenvalue weighted by molar-refractivity contribution is 0.244. The summed E-state index contributed by atoms with van der Waals surface area (Å²) >= 11 is 13.5. The van der Waals surface area contributed by atoms with Crippen LogP contribution in [0.2, 0.25) is 9.62 Å². The molecule has 0 unspecified atom stereocenters. The molecule has 4 rings (SSSR count). The average Bonchev–Trinajstić information content (AvgIpc) is 2.92. The maximum absolute atomic E-state index is 6.13. The van der Waals surface area contributed by atoms with Gasteiger partial charge in [0.2, 0.25) is 0 Å². The SMILES string of the molecule is Clc1nc(Cl)c(CN2CCc3nc(C4CCCCC4)ncc3C2)s1. The van der Waals surface area contributed by atoms with E-state index in [-0.39, 0.29) is 0 Å². The van der Waals surface area contributed by atoms with Crippen LogP contribution in [0.4, 0.5) is 0 Å². The first-order chi connectivity index (χ1) is 11.7. The second kappa shape index (κ2) is 7.24. The molecule has 128 valence electrons. The van der Waals surface area contributed by atoms with E-state index < -0.39 is 0 Å². The van der Waals surface area contributed by atoms with Crippen LogP contribution in [-0.4, -0.2) is 26.4 Å². The summed E-state index contributed by atoms with van der Waals surface area (Å²) in [5.41, 5.74) is 2.47. The van der Waals surface area contributed by atoms with Crippen molar-refractivity contribution in [3.63, 3.8) is 0 Å². The molecule has 1 aliphatic heterocycles. The van der Waals surface area contributed by atoms with Crippen molar-refractivity contribution in [3.05, 3.63) is 37.8 Å². The Kier molecular flexibility index (Phi) is 5.04. The fraction of sp³-hybridized carbons (Fsp3) is 0.588. The van der Waals surface area contributed by atoms with Gasteiger partial charge in [0.05, 0.1) is 4.88 Å². The smallest absolute Gasteiger partial charge is 0.185 e. The summed E-state index contributed by atoms with van der Waals surface area (Å²) in [6, 6.07) is 0. The molecule has 24 heavy (non-hydrogen) atoms. The molecule has 3 heterocycles. The van der Waals surface area contributed by atoms with Crippen molar-refractivity contribution in [1.82, 2.24) is 19.9 Å². The van der Waals surface area contributed by atoms with E-state index in [0.717, 1.165) is 36.8 Å². The molecular weight excluding hydrogens is 363 g/mol. The molecular formula is C17H20Cl2N4S. The van der Waals surface area contributed by atoms with Crippen molar-refractivity contribution in [2.24, 2.45) is 0 Å². The van der Waals surface area contributed by atoms with E-state index in [0.29, 0.717) is 15.5 Å². The molecule has 0 aromatic carbocycles. The number of rotatable bonds is 3. The molecule has 0 amide bonds. The summed E-state index contributed by atoms with van der Waals surface area (Å²) in [6.07, 6.45) is 9.50. The highest BCUT2D eigenvalue weighted by molar-refractivity contribution is 7.16.